The zero-order chi connectivity index (χ0) is 24.5. The van der Waals surface area contributed by atoms with Crippen molar-refractivity contribution in [1.29, 1.82) is 0 Å². The standard InChI is InChI=1S/C26H25N3O5S/c1-15-12-16(24(31)32)10-11-29(15)23(30)22-13-27-25(35-22)28-26(33)34-14-21-19-8-4-2-6-17(19)18-7-3-5-9-20(18)21/h2-9,13,15-16,21H,10-12,14H2,1H3,(H,31,32)(H,27,28,33). The number of piperidine rings is 1. The number of nitrogens with one attached hydrogen (secondary N) is 1. The number of carbonyl (C=O) groups excluding carboxylic acids is 2. The Balaban J connectivity index is 1.20. The highest BCUT2D eigenvalue weighted by molar-refractivity contribution is 7.17. The summed E-state index contributed by atoms with van der Waals surface area (Å²) in [6.07, 6.45) is 1.65. The second kappa shape index (κ2) is 9.50. The molecule has 0 spiro atoms. The highest BCUT2D eigenvalue weighted by Crippen LogP contribution is 2.44. The number of fused-ring (bicyclic) bond motifs is 3. The van der Waals surface area contributed by atoms with Gasteiger partial charge >= 0.3 is 12.1 Å². The van der Waals surface area contributed by atoms with E-state index in [0.29, 0.717) is 24.3 Å². The lowest BCUT2D eigenvalue weighted by atomic mass is 9.91. The van der Waals surface area contributed by atoms with E-state index in [4.69, 9.17) is 4.74 Å². The van der Waals surface area contributed by atoms with Gasteiger partial charge in [0.1, 0.15) is 11.5 Å². The van der Waals surface area contributed by atoms with Gasteiger partial charge < -0.3 is 14.7 Å². The number of hydrogen-bond donors (Lipinski definition) is 2. The number of ether oxygens (including phenoxy) is 1. The zero-order valence-corrected chi connectivity index (χ0v) is 20.0. The maximum Gasteiger partial charge on any atom is 0.413 e. The number of likely N-dealkylation sites (tertiary alicyclic amines) is 1. The number of amides is 2. The molecule has 0 saturated carbocycles. The van der Waals surface area contributed by atoms with E-state index >= 15 is 0 Å². The van der Waals surface area contributed by atoms with Gasteiger partial charge in [-0.05, 0) is 42.0 Å². The Bertz CT molecular complexity index is 1240. The third-order valence-corrected chi connectivity index (χ3v) is 7.66. The van der Waals surface area contributed by atoms with Gasteiger partial charge in [-0.2, -0.15) is 0 Å². The lowest BCUT2D eigenvalue weighted by Gasteiger charge is -2.35. The molecule has 1 aliphatic carbocycles. The summed E-state index contributed by atoms with van der Waals surface area (Å²) in [5, 5.41) is 12.1. The van der Waals surface area contributed by atoms with E-state index in [1.54, 1.807) is 4.90 Å². The summed E-state index contributed by atoms with van der Waals surface area (Å²) in [5.74, 6) is -1.51. The predicted octanol–water partition coefficient (Wildman–Crippen LogP) is 4.83. The number of nitrogens with zero attached hydrogens (tertiary/aromatic N) is 2. The Hall–Kier alpha value is -3.72. The van der Waals surface area contributed by atoms with Crippen molar-refractivity contribution in [1.82, 2.24) is 9.88 Å². The molecule has 1 aromatic heterocycles. The van der Waals surface area contributed by atoms with Gasteiger partial charge in [0.05, 0.1) is 12.1 Å². The quantitative estimate of drug-likeness (QED) is 0.529. The molecular formula is C26H25N3O5S. The van der Waals surface area contributed by atoms with Crippen LogP contribution in [0.15, 0.2) is 54.7 Å². The normalized spacial score (nSPS) is 19.1. The van der Waals surface area contributed by atoms with E-state index in [2.05, 4.69) is 34.6 Å². The molecule has 1 fully saturated rings. The van der Waals surface area contributed by atoms with Gasteiger partial charge in [-0.3, -0.25) is 14.9 Å². The predicted molar refractivity (Wildman–Crippen MR) is 132 cm³/mol. The minimum absolute atomic E-state index is 0.0446. The summed E-state index contributed by atoms with van der Waals surface area (Å²) in [6, 6.07) is 16.1. The molecule has 2 heterocycles. The number of thiazole rings is 1. The first-order valence-corrected chi connectivity index (χ1v) is 12.4. The van der Waals surface area contributed by atoms with Gasteiger partial charge in [0.25, 0.3) is 5.91 Å². The van der Waals surface area contributed by atoms with Crippen molar-refractivity contribution in [3.05, 3.63) is 70.7 Å². The summed E-state index contributed by atoms with van der Waals surface area (Å²) in [5.41, 5.74) is 4.57. The first kappa shape index (κ1) is 23.0. The molecule has 2 aliphatic rings. The molecule has 1 saturated heterocycles. The maximum absolute atomic E-state index is 12.9. The molecule has 2 aromatic carbocycles. The third-order valence-electron chi connectivity index (χ3n) is 6.76. The van der Waals surface area contributed by atoms with Crippen LogP contribution in [0.25, 0.3) is 11.1 Å². The molecule has 2 atom stereocenters. The lowest BCUT2D eigenvalue weighted by Crippen LogP contribution is -2.45. The summed E-state index contributed by atoms with van der Waals surface area (Å²) < 4.78 is 5.55. The van der Waals surface area contributed by atoms with Crippen LogP contribution in [0.5, 0.6) is 0 Å². The molecule has 2 unspecified atom stereocenters. The highest BCUT2D eigenvalue weighted by atomic mass is 32.1. The zero-order valence-electron chi connectivity index (χ0n) is 19.1. The molecule has 1 aliphatic heterocycles. The Morgan fingerprint density at radius 2 is 1.77 bits per heavy atom. The second-order valence-corrected chi connectivity index (χ2v) is 9.92. The molecule has 0 bridgehead atoms. The average Bonchev–Trinajstić information content (AvgIpc) is 3.45. The Morgan fingerprint density at radius 3 is 2.40 bits per heavy atom. The summed E-state index contributed by atoms with van der Waals surface area (Å²) >= 11 is 1.08. The number of aliphatic carboxylic acids is 1. The molecule has 9 heteroatoms. The summed E-state index contributed by atoms with van der Waals surface area (Å²) in [6.45, 7) is 2.42. The maximum atomic E-state index is 12.9. The van der Waals surface area contributed by atoms with Crippen molar-refractivity contribution >= 4 is 34.4 Å². The van der Waals surface area contributed by atoms with Crippen molar-refractivity contribution in [2.45, 2.75) is 31.7 Å². The second-order valence-electron chi connectivity index (χ2n) is 8.89. The number of aromatic nitrogens is 1. The van der Waals surface area contributed by atoms with Gasteiger partial charge in [-0.15, -0.1) is 0 Å². The fourth-order valence-corrected chi connectivity index (χ4v) is 5.75. The van der Waals surface area contributed by atoms with Crippen LogP contribution in [0.3, 0.4) is 0 Å². The number of carboxylic acid groups (broad SMARTS) is 1. The van der Waals surface area contributed by atoms with Crippen LogP contribution < -0.4 is 5.32 Å². The van der Waals surface area contributed by atoms with E-state index in [1.807, 2.05) is 31.2 Å². The fourth-order valence-electron chi connectivity index (χ4n) is 4.99. The molecule has 2 N–H and O–H groups in total. The molecule has 180 valence electrons. The van der Waals surface area contributed by atoms with Crippen molar-refractivity contribution < 1.29 is 24.2 Å². The smallest absolute Gasteiger partial charge is 0.413 e. The Kier molecular flexibility index (Phi) is 6.25. The number of hydrogen-bond acceptors (Lipinski definition) is 6. The van der Waals surface area contributed by atoms with Crippen LogP contribution in [0.4, 0.5) is 9.93 Å². The molecule has 0 radical (unpaired) electrons. The molecule has 8 nitrogen and oxygen atoms in total. The van der Waals surface area contributed by atoms with Crippen LogP contribution in [0.1, 0.15) is 46.5 Å². The number of carbonyl (C=O) groups is 3. The number of rotatable bonds is 5. The molecule has 2 amide bonds. The van der Waals surface area contributed by atoms with E-state index in [9.17, 15) is 19.5 Å². The van der Waals surface area contributed by atoms with Crippen LogP contribution >= 0.6 is 11.3 Å². The van der Waals surface area contributed by atoms with E-state index in [-0.39, 0.29) is 29.6 Å². The number of anilines is 1. The van der Waals surface area contributed by atoms with Crippen LogP contribution in [-0.4, -0.2) is 52.2 Å². The van der Waals surface area contributed by atoms with E-state index in [1.165, 1.54) is 6.20 Å². The third kappa shape index (κ3) is 4.51. The van der Waals surface area contributed by atoms with Crippen LogP contribution in [-0.2, 0) is 9.53 Å². The monoisotopic (exact) mass is 491 g/mol. The minimum Gasteiger partial charge on any atom is -0.481 e. The van der Waals surface area contributed by atoms with Crippen molar-refractivity contribution in [2.24, 2.45) is 5.92 Å². The van der Waals surface area contributed by atoms with E-state index in [0.717, 1.165) is 33.6 Å². The first-order valence-electron chi connectivity index (χ1n) is 11.5. The van der Waals surface area contributed by atoms with Gasteiger partial charge in [-0.1, -0.05) is 59.9 Å². The summed E-state index contributed by atoms with van der Waals surface area (Å²) in [7, 11) is 0. The number of carboxylic acids is 1. The number of benzene rings is 2. The highest BCUT2D eigenvalue weighted by Gasteiger charge is 2.33. The SMILES string of the molecule is CC1CC(C(=O)O)CCN1C(=O)c1cnc(NC(=O)OCC2c3ccccc3-c3ccccc32)s1. The minimum atomic E-state index is -0.823. The van der Waals surface area contributed by atoms with Gasteiger partial charge in [0, 0.05) is 18.5 Å². The van der Waals surface area contributed by atoms with Gasteiger partial charge in [-0.25, -0.2) is 9.78 Å². The van der Waals surface area contributed by atoms with Crippen LogP contribution in [0, 0.1) is 5.92 Å². The topological polar surface area (TPSA) is 109 Å². The molecule has 5 rings (SSSR count). The molecule has 3 aromatic rings. The lowest BCUT2D eigenvalue weighted by molar-refractivity contribution is -0.143. The Morgan fingerprint density at radius 1 is 1.11 bits per heavy atom. The van der Waals surface area contributed by atoms with Crippen LogP contribution in [0.2, 0.25) is 0 Å². The molecule has 35 heavy (non-hydrogen) atoms. The average molecular weight is 492 g/mol. The van der Waals surface area contributed by atoms with Crippen molar-refractivity contribution in [2.75, 3.05) is 18.5 Å². The summed E-state index contributed by atoms with van der Waals surface area (Å²) in [4.78, 5) is 42.9. The first-order chi connectivity index (χ1) is 16.9. The largest absolute Gasteiger partial charge is 0.481 e. The van der Waals surface area contributed by atoms with Crippen molar-refractivity contribution in [3.63, 3.8) is 0 Å². The van der Waals surface area contributed by atoms with Crippen molar-refractivity contribution in [3.8, 4) is 11.1 Å². The Labute approximate surface area is 206 Å². The van der Waals surface area contributed by atoms with Gasteiger partial charge in [0.15, 0.2) is 5.13 Å². The fraction of sp³-hybridized carbons (Fsp3) is 0.308. The molecular weight excluding hydrogens is 466 g/mol. The van der Waals surface area contributed by atoms with E-state index < -0.39 is 18.0 Å². The van der Waals surface area contributed by atoms with Gasteiger partial charge in [0.2, 0.25) is 0 Å².